The maximum absolute atomic E-state index is 6.17. The second-order valence-corrected chi connectivity index (χ2v) is 10.7. The number of unbranched alkanes of at least 4 members (excludes halogenated alkanes) is 9. The number of nitrogens with one attached hydrogen (secondary N) is 1. The highest BCUT2D eigenvalue weighted by Gasteiger charge is 2.28. The van der Waals surface area contributed by atoms with E-state index in [1.807, 2.05) is 0 Å². The minimum absolute atomic E-state index is 0.0387. The molecule has 0 saturated heterocycles. The lowest BCUT2D eigenvalue weighted by Gasteiger charge is -2.37. The molecule has 0 heterocycles. The molecule has 2 heteroatoms. The Morgan fingerprint density at radius 1 is 0.690 bits per heavy atom. The minimum Gasteiger partial charge on any atom is -0.374 e. The van der Waals surface area contributed by atoms with Crippen molar-refractivity contribution < 1.29 is 4.74 Å². The Morgan fingerprint density at radius 2 is 1.14 bits per heavy atom. The SMILES string of the molecule is CCCCCCCCC(CCCCCCC)C(C)(C)NCCOC(C)(C)C(C)C. The summed E-state index contributed by atoms with van der Waals surface area (Å²) in [6.07, 6.45) is 18.1. The van der Waals surface area contributed by atoms with Crippen LogP contribution in [0.4, 0.5) is 0 Å². The van der Waals surface area contributed by atoms with Crippen molar-refractivity contribution in [2.24, 2.45) is 11.8 Å². The van der Waals surface area contributed by atoms with Gasteiger partial charge in [0.15, 0.2) is 0 Å². The second-order valence-electron chi connectivity index (χ2n) is 10.7. The first-order valence-corrected chi connectivity index (χ1v) is 13.1. The lowest BCUT2D eigenvalue weighted by molar-refractivity contribution is -0.0504. The first-order chi connectivity index (χ1) is 13.7. The maximum Gasteiger partial charge on any atom is 0.0649 e. The van der Waals surface area contributed by atoms with E-state index in [9.17, 15) is 0 Å². The monoisotopic (exact) mass is 411 g/mol. The van der Waals surface area contributed by atoms with Gasteiger partial charge in [-0.1, -0.05) is 98.3 Å². The average Bonchev–Trinajstić information content (AvgIpc) is 2.65. The van der Waals surface area contributed by atoms with Gasteiger partial charge in [0.2, 0.25) is 0 Å². The van der Waals surface area contributed by atoms with Crippen LogP contribution >= 0.6 is 0 Å². The van der Waals surface area contributed by atoms with E-state index >= 15 is 0 Å². The summed E-state index contributed by atoms with van der Waals surface area (Å²) in [6, 6.07) is 0. The molecular formula is C27H57NO. The van der Waals surface area contributed by atoms with Gasteiger partial charge in [-0.25, -0.2) is 0 Å². The summed E-state index contributed by atoms with van der Waals surface area (Å²) in [4.78, 5) is 0. The van der Waals surface area contributed by atoms with Crippen molar-refractivity contribution in [1.29, 1.82) is 0 Å². The second kappa shape index (κ2) is 16.6. The Bertz CT molecular complexity index is 362. The Kier molecular flexibility index (Phi) is 16.5. The number of hydrogen-bond donors (Lipinski definition) is 1. The molecule has 0 aliphatic rings. The van der Waals surface area contributed by atoms with E-state index in [1.54, 1.807) is 0 Å². The minimum atomic E-state index is -0.0387. The molecule has 1 unspecified atom stereocenters. The van der Waals surface area contributed by atoms with E-state index in [4.69, 9.17) is 4.74 Å². The van der Waals surface area contributed by atoms with E-state index in [-0.39, 0.29) is 11.1 Å². The smallest absolute Gasteiger partial charge is 0.0649 e. The van der Waals surface area contributed by atoms with Crippen LogP contribution in [0.2, 0.25) is 0 Å². The third kappa shape index (κ3) is 14.5. The molecular weight excluding hydrogens is 354 g/mol. The summed E-state index contributed by atoms with van der Waals surface area (Å²) in [7, 11) is 0. The van der Waals surface area contributed by atoms with Gasteiger partial charge in [0.05, 0.1) is 12.2 Å². The molecule has 0 aliphatic carbocycles. The van der Waals surface area contributed by atoms with Gasteiger partial charge in [-0.05, 0) is 52.4 Å². The highest BCUT2D eigenvalue weighted by atomic mass is 16.5. The van der Waals surface area contributed by atoms with Crippen molar-refractivity contribution in [2.75, 3.05) is 13.2 Å². The molecule has 0 radical (unpaired) electrons. The van der Waals surface area contributed by atoms with Crippen LogP contribution in [-0.2, 0) is 4.74 Å². The van der Waals surface area contributed by atoms with Crippen molar-refractivity contribution in [3.8, 4) is 0 Å². The average molecular weight is 412 g/mol. The molecule has 2 nitrogen and oxygen atoms in total. The van der Waals surface area contributed by atoms with Gasteiger partial charge in [-0.15, -0.1) is 0 Å². The highest BCUT2D eigenvalue weighted by Crippen LogP contribution is 2.29. The summed E-state index contributed by atoms with van der Waals surface area (Å²) < 4.78 is 6.17. The molecule has 0 rings (SSSR count). The molecule has 0 aliphatic heterocycles. The first kappa shape index (κ1) is 28.9. The normalized spacial score (nSPS) is 14.0. The summed E-state index contributed by atoms with van der Waals surface area (Å²) in [6.45, 7) is 20.1. The highest BCUT2D eigenvalue weighted by molar-refractivity contribution is 4.86. The van der Waals surface area contributed by atoms with Crippen LogP contribution in [0.15, 0.2) is 0 Å². The predicted molar refractivity (Wildman–Crippen MR) is 132 cm³/mol. The van der Waals surface area contributed by atoms with Crippen molar-refractivity contribution in [3.05, 3.63) is 0 Å². The largest absolute Gasteiger partial charge is 0.374 e. The predicted octanol–water partition coefficient (Wildman–Crippen LogP) is 8.53. The van der Waals surface area contributed by atoms with Crippen LogP contribution in [0.1, 0.15) is 139 Å². The number of hydrogen-bond acceptors (Lipinski definition) is 2. The van der Waals surface area contributed by atoms with Gasteiger partial charge < -0.3 is 10.1 Å². The fraction of sp³-hybridized carbons (Fsp3) is 1.00. The zero-order chi connectivity index (χ0) is 22.2. The molecule has 0 fully saturated rings. The summed E-state index contributed by atoms with van der Waals surface area (Å²) in [5, 5.41) is 3.86. The van der Waals surface area contributed by atoms with E-state index < -0.39 is 0 Å². The molecule has 0 bridgehead atoms. The number of rotatable bonds is 20. The van der Waals surface area contributed by atoms with Crippen LogP contribution in [0.3, 0.4) is 0 Å². The molecule has 0 spiro atoms. The quantitative estimate of drug-likeness (QED) is 0.203. The summed E-state index contributed by atoms with van der Waals surface area (Å²) in [5.41, 5.74) is 0.155. The molecule has 0 aromatic rings. The molecule has 1 atom stereocenters. The third-order valence-corrected chi connectivity index (χ3v) is 7.13. The lowest BCUT2D eigenvalue weighted by atomic mass is 9.79. The first-order valence-electron chi connectivity index (χ1n) is 13.1. The van der Waals surface area contributed by atoms with E-state index in [2.05, 4.69) is 60.7 Å². The van der Waals surface area contributed by atoms with Gasteiger partial charge >= 0.3 is 0 Å². The molecule has 1 N–H and O–H groups in total. The van der Waals surface area contributed by atoms with Gasteiger partial charge in [0.25, 0.3) is 0 Å². The van der Waals surface area contributed by atoms with Crippen molar-refractivity contribution in [2.45, 2.75) is 150 Å². The molecule has 0 aromatic heterocycles. The Labute approximate surface area is 185 Å². The fourth-order valence-corrected chi connectivity index (χ4v) is 4.03. The van der Waals surface area contributed by atoms with E-state index in [0.717, 1.165) is 19.1 Å². The topological polar surface area (TPSA) is 21.3 Å². The maximum atomic E-state index is 6.17. The van der Waals surface area contributed by atoms with Crippen LogP contribution < -0.4 is 5.32 Å². The van der Waals surface area contributed by atoms with Gasteiger partial charge in [-0.3, -0.25) is 0 Å². The Balaban J connectivity index is 4.46. The molecule has 176 valence electrons. The third-order valence-electron chi connectivity index (χ3n) is 7.13. The van der Waals surface area contributed by atoms with Crippen molar-refractivity contribution >= 4 is 0 Å². The van der Waals surface area contributed by atoms with Crippen molar-refractivity contribution in [1.82, 2.24) is 5.32 Å². The molecule has 0 aromatic carbocycles. The van der Waals surface area contributed by atoms with Gasteiger partial charge in [0.1, 0.15) is 0 Å². The van der Waals surface area contributed by atoms with Crippen molar-refractivity contribution in [3.63, 3.8) is 0 Å². The van der Waals surface area contributed by atoms with E-state index in [1.165, 1.54) is 83.5 Å². The van der Waals surface area contributed by atoms with Crippen LogP contribution in [0.25, 0.3) is 0 Å². The van der Waals surface area contributed by atoms with Gasteiger partial charge in [0, 0.05) is 12.1 Å². The zero-order valence-corrected chi connectivity index (χ0v) is 21.7. The standard InChI is InChI=1S/C27H57NO/c1-9-11-13-15-17-19-21-25(20-18-16-14-12-10-2)26(5,6)28-22-23-29-27(7,8)24(3)4/h24-25,28H,9-23H2,1-8H3. The Hall–Kier alpha value is -0.0800. The van der Waals surface area contributed by atoms with Gasteiger partial charge in [-0.2, -0.15) is 0 Å². The summed E-state index contributed by atoms with van der Waals surface area (Å²) in [5.74, 6) is 1.31. The Morgan fingerprint density at radius 3 is 1.59 bits per heavy atom. The molecule has 0 saturated carbocycles. The lowest BCUT2D eigenvalue weighted by Crippen LogP contribution is -2.48. The summed E-state index contributed by atoms with van der Waals surface area (Å²) >= 11 is 0. The zero-order valence-electron chi connectivity index (χ0n) is 21.7. The van der Waals surface area contributed by atoms with E-state index in [0.29, 0.717) is 5.92 Å². The molecule has 29 heavy (non-hydrogen) atoms. The van der Waals surface area contributed by atoms with Crippen LogP contribution in [-0.4, -0.2) is 24.3 Å². The fourth-order valence-electron chi connectivity index (χ4n) is 4.03. The van der Waals surface area contributed by atoms with Crippen LogP contribution in [0, 0.1) is 11.8 Å². The molecule has 0 amide bonds. The number of ether oxygens (including phenoxy) is 1. The van der Waals surface area contributed by atoms with Crippen LogP contribution in [0.5, 0.6) is 0 Å².